The number of amides is 1. The Kier molecular flexibility index (Phi) is 3.67. The van der Waals surface area contributed by atoms with Gasteiger partial charge in [-0.05, 0) is 25.0 Å². The van der Waals surface area contributed by atoms with Gasteiger partial charge in [0.25, 0.3) is 5.91 Å². The summed E-state index contributed by atoms with van der Waals surface area (Å²) in [6.45, 7) is 0. The lowest BCUT2D eigenvalue weighted by molar-refractivity contribution is 0.0929. The van der Waals surface area contributed by atoms with E-state index in [4.69, 9.17) is 0 Å². The number of imidazole rings is 1. The number of aromatic nitrogens is 2. The summed E-state index contributed by atoms with van der Waals surface area (Å²) in [6.07, 6.45) is 9.80. The first kappa shape index (κ1) is 13.1. The highest BCUT2D eigenvalue weighted by Gasteiger charge is 2.17. The number of hydrogen-bond donors (Lipinski definition) is 1. The van der Waals surface area contributed by atoms with Gasteiger partial charge in [0.15, 0.2) is 0 Å². The largest absolute Gasteiger partial charge is 0.348 e. The van der Waals surface area contributed by atoms with Crippen molar-refractivity contribution in [1.29, 1.82) is 0 Å². The average molecular weight is 275 g/mol. The molecule has 1 N–H and O–H groups in total. The van der Waals surface area contributed by atoms with Gasteiger partial charge in [0, 0.05) is 18.4 Å². The van der Waals surface area contributed by atoms with E-state index < -0.39 is 0 Å². The monoisotopic (exact) mass is 275 g/mol. The number of hydrogen-bond acceptors (Lipinski definition) is 2. The minimum atomic E-state index is -0.342. The molecular formula is C15H18FN3O. The summed E-state index contributed by atoms with van der Waals surface area (Å²) in [7, 11) is 0. The van der Waals surface area contributed by atoms with Crippen LogP contribution in [-0.4, -0.2) is 21.3 Å². The van der Waals surface area contributed by atoms with Crippen molar-refractivity contribution in [1.82, 2.24) is 14.7 Å². The summed E-state index contributed by atoms with van der Waals surface area (Å²) in [5.41, 5.74) is 0.928. The number of nitrogens with zero attached hydrogens (tertiary/aromatic N) is 2. The van der Waals surface area contributed by atoms with Crippen molar-refractivity contribution in [3.05, 3.63) is 36.0 Å². The molecule has 0 aliphatic heterocycles. The molecule has 1 amide bonds. The van der Waals surface area contributed by atoms with Crippen LogP contribution in [0.15, 0.2) is 24.5 Å². The fourth-order valence-electron chi connectivity index (χ4n) is 2.76. The molecule has 0 saturated heterocycles. The standard InChI is InChI=1S/C15H18FN3O/c16-11-7-8-14-18-13(10-19(14)9-11)15(20)17-12-5-3-1-2-4-6-12/h7-10,12H,1-6H2,(H,17,20). The molecule has 1 aliphatic rings. The lowest BCUT2D eigenvalue weighted by Gasteiger charge is -2.14. The summed E-state index contributed by atoms with van der Waals surface area (Å²) in [5, 5.41) is 3.04. The molecule has 5 heteroatoms. The average Bonchev–Trinajstić information content (AvgIpc) is 2.68. The van der Waals surface area contributed by atoms with E-state index in [-0.39, 0.29) is 17.8 Å². The molecule has 2 aromatic heterocycles. The first-order valence-corrected chi connectivity index (χ1v) is 7.17. The van der Waals surface area contributed by atoms with Gasteiger partial charge in [-0.3, -0.25) is 4.79 Å². The van der Waals surface area contributed by atoms with E-state index >= 15 is 0 Å². The van der Waals surface area contributed by atoms with Gasteiger partial charge in [0.1, 0.15) is 17.2 Å². The van der Waals surface area contributed by atoms with Crippen molar-refractivity contribution >= 4 is 11.6 Å². The number of fused-ring (bicyclic) bond motifs is 1. The zero-order chi connectivity index (χ0) is 13.9. The Balaban J connectivity index is 1.74. The molecule has 0 aromatic carbocycles. The van der Waals surface area contributed by atoms with E-state index in [9.17, 15) is 9.18 Å². The van der Waals surface area contributed by atoms with Crippen LogP contribution < -0.4 is 5.32 Å². The van der Waals surface area contributed by atoms with E-state index in [2.05, 4.69) is 10.3 Å². The van der Waals surface area contributed by atoms with Crippen molar-refractivity contribution in [2.75, 3.05) is 0 Å². The van der Waals surface area contributed by atoms with E-state index in [1.807, 2.05) is 0 Å². The predicted molar refractivity (Wildman–Crippen MR) is 74.1 cm³/mol. The maximum absolute atomic E-state index is 13.1. The molecule has 106 valence electrons. The first-order chi connectivity index (χ1) is 9.72. The fraction of sp³-hybridized carbons (Fsp3) is 0.467. The van der Waals surface area contributed by atoms with E-state index in [1.54, 1.807) is 12.3 Å². The third kappa shape index (κ3) is 2.81. The van der Waals surface area contributed by atoms with Gasteiger partial charge in [-0.25, -0.2) is 9.37 Å². The van der Waals surface area contributed by atoms with Crippen LogP contribution in [0.1, 0.15) is 49.0 Å². The highest BCUT2D eigenvalue weighted by Crippen LogP contribution is 2.17. The lowest BCUT2D eigenvalue weighted by Crippen LogP contribution is -2.34. The molecule has 2 aromatic rings. The molecule has 20 heavy (non-hydrogen) atoms. The minimum Gasteiger partial charge on any atom is -0.348 e. The van der Waals surface area contributed by atoms with Crippen molar-refractivity contribution in [3.63, 3.8) is 0 Å². The molecule has 1 fully saturated rings. The Morgan fingerprint density at radius 2 is 1.95 bits per heavy atom. The highest BCUT2D eigenvalue weighted by molar-refractivity contribution is 5.93. The quantitative estimate of drug-likeness (QED) is 0.857. The van der Waals surface area contributed by atoms with Gasteiger partial charge < -0.3 is 9.72 Å². The Hall–Kier alpha value is -1.91. The van der Waals surface area contributed by atoms with Crippen LogP contribution in [0.5, 0.6) is 0 Å². The summed E-state index contributed by atoms with van der Waals surface area (Å²) < 4.78 is 14.7. The number of nitrogens with one attached hydrogen (secondary N) is 1. The third-order valence-electron chi connectivity index (χ3n) is 3.84. The van der Waals surface area contributed by atoms with Gasteiger partial charge in [-0.2, -0.15) is 0 Å². The molecule has 0 spiro atoms. The maximum atomic E-state index is 13.1. The topological polar surface area (TPSA) is 46.4 Å². The van der Waals surface area contributed by atoms with E-state index in [0.29, 0.717) is 11.3 Å². The Morgan fingerprint density at radius 3 is 2.70 bits per heavy atom. The van der Waals surface area contributed by atoms with Crippen LogP contribution >= 0.6 is 0 Å². The van der Waals surface area contributed by atoms with Crippen LogP contribution in [0.3, 0.4) is 0 Å². The van der Waals surface area contributed by atoms with Crippen LogP contribution in [0.4, 0.5) is 4.39 Å². The minimum absolute atomic E-state index is 0.166. The van der Waals surface area contributed by atoms with Crippen LogP contribution in [0.2, 0.25) is 0 Å². The molecule has 1 saturated carbocycles. The first-order valence-electron chi connectivity index (χ1n) is 7.17. The number of halogens is 1. The number of pyridine rings is 1. The molecule has 3 rings (SSSR count). The molecule has 0 atom stereocenters. The molecule has 0 bridgehead atoms. The molecule has 4 nitrogen and oxygen atoms in total. The highest BCUT2D eigenvalue weighted by atomic mass is 19.1. The van der Waals surface area contributed by atoms with Gasteiger partial charge in [-0.1, -0.05) is 25.7 Å². The lowest BCUT2D eigenvalue weighted by atomic mass is 10.1. The smallest absolute Gasteiger partial charge is 0.271 e. The number of carbonyl (C=O) groups excluding carboxylic acids is 1. The van der Waals surface area contributed by atoms with E-state index in [1.165, 1.54) is 42.3 Å². The summed E-state index contributed by atoms with van der Waals surface area (Å²) in [4.78, 5) is 16.4. The fourth-order valence-corrected chi connectivity index (χ4v) is 2.76. The van der Waals surface area contributed by atoms with Crippen molar-refractivity contribution in [3.8, 4) is 0 Å². The second-order valence-electron chi connectivity index (χ2n) is 5.40. The molecular weight excluding hydrogens is 257 g/mol. The predicted octanol–water partition coefficient (Wildman–Crippen LogP) is 2.93. The summed E-state index contributed by atoms with van der Waals surface area (Å²) in [5.74, 6) is -0.508. The third-order valence-corrected chi connectivity index (χ3v) is 3.84. The Labute approximate surface area is 117 Å². The van der Waals surface area contributed by atoms with E-state index in [0.717, 1.165) is 12.8 Å². The van der Waals surface area contributed by atoms with Gasteiger partial charge in [-0.15, -0.1) is 0 Å². The van der Waals surface area contributed by atoms with Gasteiger partial charge in [0.2, 0.25) is 0 Å². The van der Waals surface area contributed by atoms with Crippen LogP contribution in [0, 0.1) is 5.82 Å². The zero-order valence-electron chi connectivity index (χ0n) is 11.3. The molecule has 1 aliphatic carbocycles. The summed E-state index contributed by atoms with van der Waals surface area (Å²) >= 11 is 0. The van der Waals surface area contributed by atoms with Crippen molar-refractivity contribution in [2.45, 2.75) is 44.6 Å². The summed E-state index contributed by atoms with van der Waals surface area (Å²) in [6, 6.07) is 3.15. The Bertz CT molecular complexity index is 615. The second-order valence-corrected chi connectivity index (χ2v) is 5.40. The zero-order valence-corrected chi connectivity index (χ0v) is 11.3. The van der Waals surface area contributed by atoms with Gasteiger partial charge >= 0.3 is 0 Å². The van der Waals surface area contributed by atoms with Gasteiger partial charge in [0.05, 0.1) is 0 Å². The number of carbonyl (C=O) groups is 1. The normalized spacial score (nSPS) is 17.1. The van der Waals surface area contributed by atoms with Crippen LogP contribution in [-0.2, 0) is 0 Å². The molecule has 0 radical (unpaired) electrons. The molecule has 2 heterocycles. The SMILES string of the molecule is O=C(NC1CCCCCC1)c1cn2cc(F)ccc2n1. The van der Waals surface area contributed by atoms with Crippen molar-refractivity contribution < 1.29 is 9.18 Å². The second kappa shape index (κ2) is 5.61. The number of rotatable bonds is 2. The Morgan fingerprint density at radius 1 is 1.20 bits per heavy atom. The molecule has 0 unspecified atom stereocenters. The van der Waals surface area contributed by atoms with Crippen LogP contribution in [0.25, 0.3) is 5.65 Å². The van der Waals surface area contributed by atoms with Crippen molar-refractivity contribution in [2.24, 2.45) is 0 Å². The maximum Gasteiger partial charge on any atom is 0.271 e.